The summed E-state index contributed by atoms with van der Waals surface area (Å²) in [5, 5.41) is 13.8. The Labute approximate surface area is 246 Å². The molecule has 3 heterocycles. The van der Waals surface area contributed by atoms with Crippen LogP contribution in [0, 0.1) is 6.92 Å². The lowest BCUT2D eigenvalue weighted by atomic mass is 9.92. The van der Waals surface area contributed by atoms with Gasteiger partial charge in [0.2, 0.25) is 5.95 Å². The van der Waals surface area contributed by atoms with E-state index >= 15 is 0 Å². The first kappa shape index (κ1) is 29.2. The lowest BCUT2D eigenvalue weighted by molar-refractivity contribution is 0.0899. The van der Waals surface area contributed by atoms with E-state index in [4.69, 9.17) is 9.84 Å². The number of carbonyl (C=O) groups is 1. The van der Waals surface area contributed by atoms with Gasteiger partial charge in [-0.2, -0.15) is 10.1 Å². The van der Waals surface area contributed by atoms with Crippen molar-refractivity contribution in [2.75, 3.05) is 40.5 Å². The topological polar surface area (TPSA) is 147 Å². The average molecular weight is 591 g/mol. The molecule has 0 saturated carbocycles. The smallest absolute Gasteiger partial charge is 0.324 e. The summed E-state index contributed by atoms with van der Waals surface area (Å²) >= 11 is -2.09. The van der Waals surface area contributed by atoms with Crippen LogP contribution in [0.3, 0.4) is 0 Å². The van der Waals surface area contributed by atoms with Crippen molar-refractivity contribution >= 4 is 46.1 Å². The Kier molecular flexibility index (Phi) is 8.52. The minimum absolute atomic E-state index is 0.203. The number of amides is 2. The molecule has 42 heavy (non-hydrogen) atoms. The van der Waals surface area contributed by atoms with Gasteiger partial charge in [-0.25, -0.2) is 18.7 Å². The van der Waals surface area contributed by atoms with Crippen molar-refractivity contribution in [3.8, 4) is 5.69 Å². The summed E-state index contributed by atoms with van der Waals surface area (Å²) < 4.78 is 28.0. The molecule has 2 atom stereocenters. The van der Waals surface area contributed by atoms with Crippen molar-refractivity contribution in [2.45, 2.75) is 38.5 Å². The number of ether oxygens (including phenoxy) is 1. The summed E-state index contributed by atoms with van der Waals surface area (Å²) in [6.45, 7) is 9.26. The number of aromatic nitrogens is 4. The number of carbonyl (C=O) groups excluding carboxylic acids is 1. The highest BCUT2D eigenvalue weighted by Crippen LogP contribution is 2.28. The summed E-state index contributed by atoms with van der Waals surface area (Å²) in [5.74, 6) is 1.52. The van der Waals surface area contributed by atoms with Crippen LogP contribution in [0.2, 0.25) is 0 Å². The third-order valence-corrected chi connectivity index (χ3v) is 7.42. The second-order valence-electron chi connectivity index (χ2n) is 10.9. The molecular formula is C29H34N8O4S. The Morgan fingerprint density at radius 3 is 2.62 bits per heavy atom. The van der Waals surface area contributed by atoms with E-state index in [1.807, 2.05) is 60.4 Å². The molecule has 4 N–H and O–H groups in total. The highest BCUT2D eigenvalue weighted by Gasteiger charge is 2.26. The fourth-order valence-electron chi connectivity index (χ4n) is 4.37. The third-order valence-electron chi connectivity index (χ3n) is 6.69. The monoisotopic (exact) mass is 590 g/mol. The van der Waals surface area contributed by atoms with Crippen molar-refractivity contribution in [3.05, 3.63) is 78.1 Å². The van der Waals surface area contributed by atoms with E-state index in [0.29, 0.717) is 42.1 Å². The molecule has 1 fully saturated rings. The van der Waals surface area contributed by atoms with Gasteiger partial charge in [0.15, 0.2) is 16.5 Å². The Bertz CT molecular complexity index is 1590. The molecule has 0 radical (unpaired) electrons. The molecule has 2 amide bonds. The van der Waals surface area contributed by atoms with E-state index in [9.17, 15) is 13.6 Å². The molecule has 13 heteroatoms. The first-order valence-electron chi connectivity index (χ1n) is 13.5. The molecular weight excluding hydrogens is 556 g/mol. The van der Waals surface area contributed by atoms with Crippen molar-refractivity contribution < 1.29 is 18.3 Å². The van der Waals surface area contributed by atoms with Crippen molar-refractivity contribution in [2.24, 2.45) is 0 Å². The first-order valence-corrected chi connectivity index (χ1v) is 14.6. The van der Waals surface area contributed by atoms with Crippen LogP contribution in [0.4, 0.5) is 33.8 Å². The van der Waals surface area contributed by atoms with Crippen molar-refractivity contribution in [3.63, 3.8) is 0 Å². The van der Waals surface area contributed by atoms with Gasteiger partial charge in [-0.15, -0.1) is 0 Å². The fourth-order valence-corrected chi connectivity index (χ4v) is 4.89. The predicted molar refractivity (Wildman–Crippen MR) is 164 cm³/mol. The van der Waals surface area contributed by atoms with Gasteiger partial charge in [-0.1, -0.05) is 45.0 Å². The molecule has 1 aliphatic heterocycles. The maximum atomic E-state index is 13.1. The van der Waals surface area contributed by atoms with Gasteiger partial charge >= 0.3 is 6.03 Å². The number of para-hydroxylation sites is 1. The van der Waals surface area contributed by atoms with Gasteiger partial charge in [0.1, 0.15) is 11.6 Å². The van der Waals surface area contributed by atoms with Gasteiger partial charge < -0.3 is 24.8 Å². The number of morpholine rings is 1. The zero-order valence-electron chi connectivity index (χ0n) is 23.9. The lowest BCUT2D eigenvalue weighted by Gasteiger charge is -2.31. The second-order valence-corrected chi connectivity index (χ2v) is 12.0. The van der Waals surface area contributed by atoms with Gasteiger partial charge in [0.05, 0.1) is 24.5 Å². The minimum atomic E-state index is -2.09. The quantitative estimate of drug-likeness (QED) is 0.217. The third kappa shape index (κ3) is 6.93. The van der Waals surface area contributed by atoms with Gasteiger partial charge in [-0.05, 0) is 42.8 Å². The summed E-state index contributed by atoms with van der Waals surface area (Å²) in [5.41, 5.74) is 2.89. The summed E-state index contributed by atoms with van der Waals surface area (Å²) in [6, 6.07) is 18.4. The molecule has 2 aromatic heterocycles. The molecule has 12 nitrogen and oxygen atoms in total. The van der Waals surface area contributed by atoms with E-state index in [0.717, 1.165) is 16.9 Å². The number of rotatable bonds is 7. The molecule has 4 aromatic rings. The molecule has 0 spiro atoms. The number of urea groups is 1. The van der Waals surface area contributed by atoms with Crippen LogP contribution in [-0.2, 0) is 21.2 Å². The van der Waals surface area contributed by atoms with Crippen LogP contribution in [-0.4, -0.2) is 59.7 Å². The number of benzene rings is 2. The molecule has 1 aliphatic rings. The summed E-state index contributed by atoms with van der Waals surface area (Å²) in [6.07, 6.45) is 1.62. The molecule has 1 saturated heterocycles. The van der Waals surface area contributed by atoms with Crippen LogP contribution < -0.4 is 20.9 Å². The van der Waals surface area contributed by atoms with E-state index in [1.54, 1.807) is 23.0 Å². The maximum Gasteiger partial charge on any atom is 0.324 e. The Morgan fingerprint density at radius 2 is 1.88 bits per heavy atom. The number of aryl methyl sites for hydroxylation is 1. The van der Waals surface area contributed by atoms with E-state index in [-0.39, 0.29) is 12.0 Å². The fraction of sp³-hybridized carbons (Fsp3) is 0.310. The number of nitrogens with one attached hydrogen (secondary N) is 3. The summed E-state index contributed by atoms with van der Waals surface area (Å²) in [7, 11) is 0. The molecule has 2 unspecified atom stereocenters. The minimum Gasteiger partial charge on any atom is -0.359 e. The number of hydrogen-bond donors (Lipinski definition) is 4. The maximum absolute atomic E-state index is 13.1. The predicted octanol–water partition coefficient (Wildman–Crippen LogP) is 5.04. The molecule has 5 rings (SSSR count). The number of hydrogen-bond acceptors (Lipinski definition) is 8. The zero-order chi connectivity index (χ0) is 29.9. The highest BCUT2D eigenvalue weighted by molar-refractivity contribution is 7.79. The lowest BCUT2D eigenvalue weighted by Crippen LogP contribution is -2.44. The van der Waals surface area contributed by atoms with Gasteiger partial charge in [-0.3, -0.25) is 5.32 Å². The van der Waals surface area contributed by atoms with Crippen molar-refractivity contribution in [1.82, 2.24) is 19.7 Å². The molecule has 220 valence electrons. The number of anilines is 5. The van der Waals surface area contributed by atoms with Crippen LogP contribution in [0.1, 0.15) is 32.0 Å². The normalized spacial score (nSPS) is 16.1. The highest BCUT2D eigenvalue weighted by atomic mass is 32.2. The standard InChI is InChI=1S/C29H34N8O4S/c1-19-10-11-20(16-22(19)32-27-30-13-12-24(33-27)36-14-15-41-26(18-36)42(39)40)31-28(38)34-25-17-23(29(2,3)4)35-37(25)21-8-6-5-7-9-21/h5-13,16-17,26H,14-15,18H2,1-4H3,(H,39,40)(H,30,32,33)(H2,31,34,38). The zero-order valence-corrected chi connectivity index (χ0v) is 24.7. The second kappa shape index (κ2) is 12.3. The Balaban J connectivity index is 1.31. The van der Waals surface area contributed by atoms with Crippen LogP contribution in [0.25, 0.3) is 5.69 Å². The van der Waals surface area contributed by atoms with Gasteiger partial charge in [0.25, 0.3) is 0 Å². The number of nitrogens with zero attached hydrogens (tertiary/aromatic N) is 5. The SMILES string of the molecule is Cc1ccc(NC(=O)Nc2cc(C(C)(C)C)nn2-c2ccccc2)cc1Nc1nccc(N2CCOC(S(=O)O)C2)n1. The Morgan fingerprint density at radius 1 is 1.10 bits per heavy atom. The summed E-state index contributed by atoms with van der Waals surface area (Å²) in [4.78, 5) is 23.9. The van der Waals surface area contributed by atoms with E-state index < -0.39 is 22.5 Å². The molecule has 0 aliphatic carbocycles. The van der Waals surface area contributed by atoms with E-state index in [1.165, 1.54) is 0 Å². The Hall–Kier alpha value is -4.33. The van der Waals surface area contributed by atoms with Crippen molar-refractivity contribution in [1.29, 1.82) is 0 Å². The van der Waals surface area contributed by atoms with Crippen LogP contribution in [0.15, 0.2) is 66.9 Å². The average Bonchev–Trinajstić information content (AvgIpc) is 3.40. The molecule has 2 aromatic carbocycles. The largest absolute Gasteiger partial charge is 0.359 e. The van der Waals surface area contributed by atoms with Gasteiger partial charge in [0, 0.05) is 35.6 Å². The van der Waals surface area contributed by atoms with Crippen LogP contribution in [0.5, 0.6) is 0 Å². The molecule has 0 bridgehead atoms. The first-order chi connectivity index (χ1) is 20.1. The van der Waals surface area contributed by atoms with Crippen LogP contribution >= 0.6 is 0 Å². The van der Waals surface area contributed by atoms with E-state index in [2.05, 4.69) is 46.7 Å².